The topological polar surface area (TPSA) is 246 Å². The molecule has 0 radical (unpaired) electrons. The predicted molar refractivity (Wildman–Crippen MR) is 138 cm³/mol. The average Bonchev–Trinajstić information content (AvgIpc) is 2.87. The first-order valence-corrected chi connectivity index (χ1v) is 11.1. The van der Waals surface area contributed by atoms with Gasteiger partial charge in [0.2, 0.25) is 5.91 Å². The van der Waals surface area contributed by atoms with Crippen LogP contribution in [0.2, 0.25) is 0 Å². The standard InChI is InChI=1S/C26H25N3O10/c27-15(5-12-1-2-17(30)18(31)7-12)25(38)29-16(6-14-10-21(34)24(37)22(35)11-14)26(39)28-4-3-13-8-19(32)23(36)20(33)9-13/h1-4,6-11,15,30-37H,5,27H2,(H,28,39)(H,29,38). The number of rotatable bonds is 8. The molecule has 3 rings (SSSR count). The summed E-state index contributed by atoms with van der Waals surface area (Å²) in [6, 6.07) is 6.92. The highest BCUT2D eigenvalue weighted by atomic mass is 16.3. The third-order valence-corrected chi connectivity index (χ3v) is 5.32. The quantitative estimate of drug-likeness (QED) is 0.143. The zero-order chi connectivity index (χ0) is 28.9. The molecule has 204 valence electrons. The van der Waals surface area contributed by atoms with E-state index in [2.05, 4.69) is 10.6 Å². The van der Waals surface area contributed by atoms with Crippen molar-refractivity contribution in [2.24, 2.45) is 5.73 Å². The van der Waals surface area contributed by atoms with Gasteiger partial charge >= 0.3 is 0 Å². The van der Waals surface area contributed by atoms with Gasteiger partial charge in [-0.25, -0.2) is 0 Å². The van der Waals surface area contributed by atoms with Gasteiger partial charge in [0.15, 0.2) is 46.0 Å². The van der Waals surface area contributed by atoms with Gasteiger partial charge in [0.1, 0.15) is 5.70 Å². The molecule has 3 aromatic rings. The van der Waals surface area contributed by atoms with Crippen molar-refractivity contribution in [3.05, 3.63) is 71.1 Å². The molecule has 0 aliphatic heterocycles. The van der Waals surface area contributed by atoms with Gasteiger partial charge in [0.05, 0.1) is 6.04 Å². The van der Waals surface area contributed by atoms with E-state index in [4.69, 9.17) is 5.73 Å². The van der Waals surface area contributed by atoms with Gasteiger partial charge in [-0.1, -0.05) is 6.07 Å². The first-order chi connectivity index (χ1) is 18.3. The number of carbonyl (C=O) groups excluding carboxylic acids is 2. The van der Waals surface area contributed by atoms with E-state index in [0.717, 1.165) is 36.5 Å². The molecule has 0 bridgehead atoms. The molecule has 0 spiro atoms. The summed E-state index contributed by atoms with van der Waals surface area (Å²) in [7, 11) is 0. The summed E-state index contributed by atoms with van der Waals surface area (Å²) in [6.07, 6.45) is 3.37. The van der Waals surface area contributed by atoms with E-state index < -0.39 is 63.8 Å². The number of benzene rings is 3. The summed E-state index contributed by atoms with van der Waals surface area (Å²) < 4.78 is 0. The molecular weight excluding hydrogens is 514 g/mol. The molecule has 13 nitrogen and oxygen atoms in total. The number of amides is 2. The Balaban J connectivity index is 1.84. The SMILES string of the molecule is NC(Cc1ccc(O)c(O)c1)C(=O)NC(=Cc1cc(O)c(O)c(O)c1)C(=O)NC=Cc1cc(O)c(O)c(O)c1. The Morgan fingerprint density at radius 3 is 1.82 bits per heavy atom. The Kier molecular flexibility index (Phi) is 8.38. The molecular formula is C26H25N3O10. The lowest BCUT2D eigenvalue weighted by Gasteiger charge is -2.15. The van der Waals surface area contributed by atoms with Crippen LogP contribution in [0.5, 0.6) is 46.0 Å². The Morgan fingerprint density at radius 1 is 0.744 bits per heavy atom. The third kappa shape index (κ3) is 7.02. The Labute approximate surface area is 220 Å². The molecule has 1 atom stereocenters. The summed E-state index contributed by atoms with van der Waals surface area (Å²) in [5, 5.41) is 81.6. The molecule has 12 N–H and O–H groups in total. The van der Waals surface area contributed by atoms with Gasteiger partial charge in [-0.15, -0.1) is 0 Å². The van der Waals surface area contributed by atoms with E-state index in [-0.39, 0.29) is 23.3 Å². The minimum absolute atomic E-state index is 0.0163. The van der Waals surface area contributed by atoms with Crippen molar-refractivity contribution >= 4 is 24.0 Å². The summed E-state index contributed by atoms with van der Waals surface area (Å²) in [5.74, 6) is -6.58. The summed E-state index contributed by atoms with van der Waals surface area (Å²) in [4.78, 5) is 25.7. The average molecular weight is 539 g/mol. The van der Waals surface area contributed by atoms with E-state index in [0.29, 0.717) is 5.56 Å². The van der Waals surface area contributed by atoms with Crippen LogP contribution in [0.15, 0.2) is 54.4 Å². The van der Waals surface area contributed by atoms with E-state index in [1.807, 2.05) is 0 Å². The molecule has 0 aromatic heterocycles. The molecule has 0 aliphatic carbocycles. The lowest BCUT2D eigenvalue weighted by molar-refractivity contribution is -0.124. The molecule has 0 saturated heterocycles. The molecule has 0 heterocycles. The minimum Gasteiger partial charge on any atom is -0.504 e. The summed E-state index contributed by atoms with van der Waals surface area (Å²) in [5.41, 5.74) is 6.19. The number of hydrogen-bond acceptors (Lipinski definition) is 11. The second-order valence-corrected chi connectivity index (χ2v) is 8.30. The van der Waals surface area contributed by atoms with Crippen molar-refractivity contribution in [2.75, 3.05) is 0 Å². The van der Waals surface area contributed by atoms with E-state index >= 15 is 0 Å². The van der Waals surface area contributed by atoms with Crippen LogP contribution in [0.1, 0.15) is 16.7 Å². The highest BCUT2D eigenvalue weighted by Gasteiger charge is 2.20. The van der Waals surface area contributed by atoms with Crippen LogP contribution in [0.3, 0.4) is 0 Å². The molecule has 13 heteroatoms. The fourth-order valence-corrected chi connectivity index (χ4v) is 3.31. The minimum atomic E-state index is -1.22. The van der Waals surface area contributed by atoms with Crippen molar-refractivity contribution in [3.63, 3.8) is 0 Å². The zero-order valence-corrected chi connectivity index (χ0v) is 20.0. The highest BCUT2D eigenvalue weighted by molar-refractivity contribution is 6.02. The molecule has 2 amide bonds. The Bertz CT molecular complexity index is 1440. The number of phenolic OH excluding ortho intramolecular Hbond substituents is 8. The Hall–Kier alpha value is -5.56. The number of carbonyl (C=O) groups is 2. The van der Waals surface area contributed by atoms with Crippen LogP contribution >= 0.6 is 0 Å². The van der Waals surface area contributed by atoms with Crippen LogP contribution in [-0.2, 0) is 16.0 Å². The van der Waals surface area contributed by atoms with Gasteiger partial charge in [0, 0.05) is 6.20 Å². The van der Waals surface area contributed by atoms with Crippen LogP contribution in [0.4, 0.5) is 0 Å². The maximum Gasteiger partial charge on any atom is 0.271 e. The van der Waals surface area contributed by atoms with Gasteiger partial charge in [-0.2, -0.15) is 0 Å². The largest absolute Gasteiger partial charge is 0.504 e. The normalized spacial score (nSPS) is 12.3. The maximum atomic E-state index is 12.9. The molecule has 0 fully saturated rings. The second-order valence-electron chi connectivity index (χ2n) is 8.30. The smallest absolute Gasteiger partial charge is 0.271 e. The van der Waals surface area contributed by atoms with E-state index in [1.165, 1.54) is 24.3 Å². The summed E-state index contributed by atoms with van der Waals surface area (Å²) in [6.45, 7) is 0. The van der Waals surface area contributed by atoms with Crippen LogP contribution in [0.25, 0.3) is 12.2 Å². The number of nitrogens with two attached hydrogens (primary N) is 1. The van der Waals surface area contributed by atoms with Gasteiger partial charge in [0.25, 0.3) is 5.91 Å². The highest BCUT2D eigenvalue weighted by Crippen LogP contribution is 2.36. The first kappa shape index (κ1) is 28.0. The first-order valence-electron chi connectivity index (χ1n) is 11.1. The third-order valence-electron chi connectivity index (χ3n) is 5.32. The molecule has 3 aromatic carbocycles. The van der Waals surface area contributed by atoms with Gasteiger partial charge < -0.3 is 57.2 Å². The summed E-state index contributed by atoms with van der Waals surface area (Å²) >= 11 is 0. The number of aromatic hydroxyl groups is 8. The van der Waals surface area contributed by atoms with Crippen molar-refractivity contribution in [1.82, 2.24) is 10.6 Å². The van der Waals surface area contributed by atoms with Crippen molar-refractivity contribution in [1.29, 1.82) is 0 Å². The fourth-order valence-electron chi connectivity index (χ4n) is 3.31. The lowest BCUT2D eigenvalue weighted by Crippen LogP contribution is -2.44. The molecule has 39 heavy (non-hydrogen) atoms. The molecule has 0 aliphatic rings. The zero-order valence-electron chi connectivity index (χ0n) is 20.0. The number of phenols is 8. The Morgan fingerprint density at radius 2 is 1.28 bits per heavy atom. The maximum absolute atomic E-state index is 12.9. The fraction of sp³-hybridized carbons (Fsp3) is 0.0769. The molecule has 1 unspecified atom stereocenters. The number of hydrogen-bond donors (Lipinski definition) is 11. The molecule has 0 saturated carbocycles. The van der Waals surface area contributed by atoms with Crippen molar-refractivity contribution in [3.8, 4) is 46.0 Å². The monoisotopic (exact) mass is 539 g/mol. The second kappa shape index (κ2) is 11.7. The van der Waals surface area contributed by atoms with Gasteiger partial charge in [-0.05, 0) is 71.7 Å². The van der Waals surface area contributed by atoms with Crippen LogP contribution < -0.4 is 16.4 Å². The van der Waals surface area contributed by atoms with Crippen molar-refractivity contribution < 1.29 is 50.4 Å². The predicted octanol–water partition coefficient (Wildman–Crippen LogP) is 1.15. The van der Waals surface area contributed by atoms with Crippen LogP contribution in [0, 0.1) is 0 Å². The van der Waals surface area contributed by atoms with Crippen LogP contribution in [-0.4, -0.2) is 58.7 Å². The van der Waals surface area contributed by atoms with E-state index in [1.54, 1.807) is 0 Å². The van der Waals surface area contributed by atoms with Gasteiger partial charge in [-0.3, -0.25) is 9.59 Å². The number of nitrogens with one attached hydrogen (secondary N) is 2. The van der Waals surface area contributed by atoms with E-state index in [9.17, 15) is 50.4 Å². The lowest BCUT2D eigenvalue weighted by atomic mass is 10.0. The van der Waals surface area contributed by atoms with Crippen molar-refractivity contribution in [2.45, 2.75) is 12.5 Å².